The lowest BCUT2D eigenvalue weighted by Crippen LogP contribution is -2.30. The number of aryl methyl sites for hydroxylation is 1. The van der Waals surface area contributed by atoms with Crippen LogP contribution in [0.5, 0.6) is 0 Å². The van der Waals surface area contributed by atoms with E-state index in [4.69, 9.17) is 5.73 Å². The van der Waals surface area contributed by atoms with E-state index < -0.39 is 0 Å². The van der Waals surface area contributed by atoms with Crippen LogP contribution in [-0.4, -0.2) is 16.3 Å². The summed E-state index contributed by atoms with van der Waals surface area (Å²) >= 11 is 0. The molecular formula is C14H25N3. The van der Waals surface area contributed by atoms with Gasteiger partial charge in [0.05, 0.1) is 6.20 Å². The number of hydrogen-bond donors (Lipinski definition) is 1. The molecule has 3 nitrogen and oxygen atoms in total. The number of aromatic nitrogens is 2. The van der Waals surface area contributed by atoms with Gasteiger partial charge < -0.3 is 5.73 Å². The molecule has 0 radical (unpaired) electrons. The summed E-state index contributed by atoms with van der Waals surface area (Å²) in [5, 5.41) is 4.36. The van der Waals surface area contributed by atoms with E-state index in [1.165, 1.54) is 31.2 Å². The third kappa shape index (κ3) is 2.71. The zero-order chi connectivity index (χ0) is 12.3. The molecule has 17 heavy (non-hydrogen) atoms. The maximum absolute atomic E-state index is 6.05. The van der Waals surface area contributed by atoms with E-state index in [2.05, 4.69) is 25.1 Å². The standard InChI is InChI=1S/C14H25N3/c1-3-12-5-6-14(7-12,11-15)8-13-9-16-17(4-2)10-13/h9-10,12H,3-8,11,15H2,1-2H3. The highest BCUT2D eigenvalue weighted by Crippen LogP contribution is 2.44. The summed E-state index contributed by atoms with van der Waals surface area (Å²) in [6, 6.07) is 0. The van der Waals surface area contributed by atoms with Gasteiger partial charge in [0.2, 0.25) is 0 Å². The van der Waals surface area contributed by atoms with E-state index in [1.54, 1.807) is 0 Å². The fourth-order valence-electron chi connectivity index (χ4n) is 3.20. The quantitative estimate of drug-likeness (QED) is 0.852. The van der Waals surface area contributed by atoms with Gasteiger partial charge in [-0.05, 0) is 56.0 Å². The minimum absolute atomic E-state index is 0.349. The molecule has 96 valence electrons. The molecule has 1 saturated carbocycles. The van der Waals surface area contributed by atoms with Crippen LogP contribution in [0.3, 0.4) is 0 Å². The molecule has 1 aromatic heterocycles. The predicted molar refractivity (Wildman–Crippen MR) is 70.7 cm³/mol. The largest absolute Gasteiger partial charge is 0.330 e. The summed E-state index contributed by atoms with van der Waals surface area (Å²) in [7, 11) is 0. The molecule has 0 amide bonds. The molecule has 2 unspecified atom stereocenters. The number of nitrogens with zero attached hydrogens (tertiary/aromatic N) is 2. The zero-order valence-corrected chi connectivity index (χ0v) is 11.2. The first-order chi connectivity index (χ1) is 8.21. The Hall–Kier alpha value is -0.830. The van der Waals surface area contributed by atoms with E-state index in [9.17, 15) is 0 Å². The van der Waals surface area contributed by atoms with Gasteiger partial charge in [-0.3, -0.25) is 4.68 Å². The molecule has 1 aliphatic carbocycles. The second-order valence-corrected chi connectivity index (χ2v) is 5.60. The van der Waals surface area contributed by atoms with Gasteiger partial charge in [-0.2, -0.15) is 5.10 Å². The Morgan fingerprint density at radius 1 is 1.53 bits per heavy atom. The number of hydrogen-bond acceptors (Lipinski definition) is 2. The van der Waals surface area contributed by atoms with Gasteiger partial charge in [0.25, 0.3) is 0 Å². The molecule has 1 heterocycles. The van der Waals surface area contributed by atoms with E-state index in [0.29, 0.717) is 5.41 Å². The fraction of sp³-hybridized carbons (Fsp3) is 0.786. The lowest BCUT2D eigenvalue weighted by Gasteiger charge is -2.27. The van der Waals surface area contributed by atoms with Gasteiger partial charge in [0, 0.05) is 12.7 Å². The lowest BCUT2D eigenvalue weighted by molar-refractivity contribution is 0.290. The molecule has 0 saturated heterocycles. The molecule has 2 N–H and O–H groups in total. The number of nitrogens with two attached hydrogens (primary N) is 1. The first-order valence-electron chi connectivity index (χ1n) is 6.92. The summed E-state index contributed by atoms with van der Waals surface area (Å²) < 4.78 is 2.01. The summed E-state index contributed by atoms with van der Waals surface area (Å²) in [4.78, 5) is 0. The highest BCUT2D eigenvalue weighted by Gasteiger charge is 2.37. The SMILES string of the molecule is CCC1CCC(CN)(Cc2cnn(CC)c2)C1. The molecule has 3 heteroatoms. The molecule has 0 spiro atoms. The van der Waals surface area contributed by atoms with Crippen molar-refractivity contribution >= 4 is 0 Å². The third-order valence-corrected chi connectivity index (χ3v) is 4.40. The molecule has 2 atom stereocenters. The lowest BCUT2D eigenvalue weighted by atomic mass is 9.80. The van der Waals surface area contributed by atoms with Crippen LogP contribution in [0, 0.1) is 11.3 Å². The summed E-state index contributed by atoms with van der Waals surface area (Å²) in [5.74, 6) is 0.889. The van der Waals surface area contributed by atoms with Crippen molar-refractivity contribution in [3.05, 3.63) is 18.0 Å². The van der Waals surface area contributed by atoms with Gasteiger partial charge in [-0.25, -0.2) is 0 Å². The Morgan fingerprint density at radius 3 is 2.88 bits per heavy atom. The van der Waals surface area contributed by atoms with Crippen molar-refractivity contribution in [2.75, 3.05) is 6.54 Å². The van der Waals surface area contributed by atoms with Crippen LogP contribution in [0.25, 0.3) is 0 Å². The Kier molecular flexibility index (Phi) is 3.87. The van der Waals surface area contributed by atoms with Crippen molar-refractivity contribution in [1.29, 1.82) is 0 Å². The van der Waals surface area contributed by atoms with Crippen molar-refractivity contribution in [3.63, 3.8) is 0 Å². The van der Waals surface area contributed by atoms with E-state index in [-0.39, 0.29) is 0 Å². The van der Waals surface area contributed by atoms with Gasteiger partial charge in [-0.15, -0.1) is 0 Å². The number of rotatable bonds is 5. The van der Waals surface area contributed by atoms with Crippen molar-refractivity contribution < 1.29 is 0 Å². The first kappa shape index (κ1) is 12.6. The van der Waals surface area contributed by atoms with Gasteiger partial charge >= 0.3 is 0 Å². The summed E-state index contributed by atoms with van der Waals surface area (Å²) in [6.45, 7) is 6.19. The third-order valence-electron chi connectivity index (χ3n) is 4.40. The molecule has 0 aromatic carbocycles. The van der Waals surface area contributed by atoms with Crippen molar-refractivity contribution in [2.45, 2.75) is 52.5 Å². The van der Waals surface area contributed by atoms with E-state index in [1.807, 2.05) is 10.9 Å². The molecular weight excluding hydrogens is 210 g/mol. The smallest absolute Gasteiger partial charge is 0.0521 e. The fourth-order valence-corrected chi connectivity index (χ4v) is 3.20. The minimum Gasteiger partial charge on any atom is -0.330 e. The average Bonchev–Trinajstić information content (AvgIpc) is 2.97. The molecule has 0 bridgehead atoms. The topological polar surface area (TPSA) is 43.8 Å². The molecule has 1 aromatic rings. The molecule has 2 rings (SSSR count). The molecule has 1 aliphatic rings. The Balaban J connectivity index is 2.04. The second-order valence-electron chi connectivity index (χ2n) is 5.60. The van der Waals surface area contributed by atoms with E-state index >= 15 is 0 Å². The van der Waals surface area contributed by atoms with Crippen LogP contribution < -0.4 is 5.73 Å². The predicted octanol–water partition coefficient (Wildman–Crippen LogP) is 2.60. The minimum atomic E-state index is 0.349. The van der Waals surface area contributed by atoms with Gasteiger partial charge in [-0.1, -0.05) is 13.3 Å². The van der Waals surface area contributed by atoms with Crippen LogP contribution in [0.2, 0.25) is 0 Å². The summed E-state index contributed by atoms with van der Waals surface area (Å²) in [6.07, 6.45) is 10.6. The van der Waals surface area contributed by atoms with Crippen LogP contribution in [0.4, 0.5) is 0 Å². The van der Waals surface area contributed by atoms with Gasteiger partial charge in [0.1, 0.15) is 0 Å². The van der Waals surface area contributed by atoms with Crippen LogP contribution in [0.1, 0.15) is 45.1 Å². The van der Waals surface area contributed by atoms with E-state index in [0.717, 1.165) is 25.4 Å². The van der Waals surface area contributed by atoms with Crippen LogP contribution >= 0.6 is 0 Å². The zero-order valence-electron chi connectivity index (χ0n) is 11.2. The average molecular weight is 235 g/mol. The van der Waals surface area contributed by atoms with Gasteiger partial charge in [0.15, 0.2) is 0 Å². The van der Waals surface area contributed by atoms with Crippen molar-refractivity contribution in [2.24, 2.45) is 17.1 Å². The normalized spacial score (nSPS) is 28.8. The maximum atomic E-state index is 6.05. The molecule has 1 fully saturated rings. The Morgan fingerprint density at radius 2 is 2.35 bits per heavy atom. The second kappa shape index (κ2) is 5.21. The Labute approximate surface area is 104 Å². The summed E-state index contributed by atoms with van der Waals surface area (Å²) in [5.41, 5.74) is 7.75. The first-order valence-corrected chi connectivity index (χ1v) is 6.92. The highest BCUT2D eigenvalue weighted by molar-refractivity contribution is 5.09. The highest BCUT2D eigenvalue weighted by atomic mass is 15.3. The van der Waals surface area contributed by atoms with Crippen molar-refractivity contribution in [1.82, 2.24) is 9.78 Å². The maximum Gasteiger partial charge on any atom is 0.0521 e. The molecule has 0 aliphatic heterocycles. The van der Waals surface area contributed by atoms with Crippen LogP contribution in [-0.2, 0) is 13.0 Å². The van der Waals surface area contributed by atoms with Crippen molar-refractivity contribution in [3.8, 4) is 0 Å². The Bertz CT molecular complexity index is 358. The van der Waals surface area contributed by atoms with Crippen LogP contribution in [0.15, 0.2) is 12.4 Å². The monoisotopic (exact) mass is 235 g/mol.